The van der Waals surface area contributed by atoms with Crippen LogP contribution in [-0.4, -0.2) is 12.6 Å². The molecule has 1 unspecified atom stereocenters. The molecule has 0 spiro atoms. The quantitative estimate of drug-likeness (QED) is 0.662. The molecule has 1 rings (SSSR count). The highest BCUT2D eigenvalue weighted by Crippen LogP contribution is 2.27. The average molecular weight is 193 g/mol. The Morgan fingerprint density at radius 1 is 1.36 bits per heavy atom. The second-order valence-corrected chi connectivity index (χ2v) is 4.37. The number of terminal acetylenes is 1. The summed E-state index contributed by atoms with van der Waals surface area (Å²) in [6, 6.07) is 0.584. The lowest BCUT2D eigenvalue weighted by Gasteiger charge is -2.29. The van der Waals surface area contributed by atoms with Crippen molar-refractivity contribution in [2.45, 2.75) is 57.9 Å². The lowest BCUT2D eigenvalue weighted by Crippen LogP contribution is -2.37. The predicted octanol–water partition coefficient (Wildman–Crippen LogP) is 2.96. The molecule has 0 aromatic heterocycles. The molecule has 1 saturated carbocycles. The number of rotatable bonds is 5. The van der Waals surface area contributed by atoms with Gasteiger partial charge in [-0.2, -0.15) is 0 Å². The maximum absolute atomic E-state index is 5.42. The highest BCUT2D eigenvalue weighted by molar-refractivity contribution is 4.93. The van der Waals surface area contributed by atoms with Gasteiger partial charge in [0, 0.05) is 12.5 Å². The fourth-order valence-corrected chi connectivity index (χ4v) is 2.40. The van der Waals surface area contributed by atoms with Gasteiger partial charge in [0.1, 0.15) is 0 Å². The molecule has 0 aliphatic heterocycles. The van der Waals surface area contributed by atoms with Crippen LogP contribution in [0.1, 0.15) is 51.9 Å². The van der Waals surface area contributed by atoms with Gasteiger partial charge in [0.15, 0.2) is 0 Å². The Morgan fingerprint density at radius 2 is 2.07 bits per heavy atom. The van der Waals surface area contributed by atoms with Crippen LogP contribution in [-0.2, 0) is 0 Å². The molecule has 1 fully saturated rings. The average Bonchev–Trinajstić information content (AvgIpc) is 2.25. The van der Waals surface area contributed by atoms with E-state index < -0.39 is 0 Å². The first-order valence-electron chi connectivity index (χ1n) is 6.05. The van der Waals surface area contributed by atoms with Crippen molar-refractivity contribution in [2.24, 2.45) is 5.92 Å². The summed E-state index contributed by atoms with van der Waals surface area (Å²) >= 11 is 0. The van der Waals surface area contributed by atoms with Gasteiger partial charge < -0.3 is 5.32 Å². The summed E-state index contributed by atoms with van der Waals surface area (Å²) in [7, 11) is 0. The maximum Gasteiger partial charge on any atom is 0.0243 e. The third-order valence-corrected chi connectivity index (χ3v) is 3.21. The van der Waals surface area contributed by atoms with E-state index >= 15 is 0 Å². The van der Waals surface area contributed by atoms with Crippen LogP contribution in [0.3, 0.4) is 0 Å². The topological polar surface area (TPSA) is 12.0 Å². The Balaban J connectivity index is 2.35. The van der Waals surface area contributed by atoms with Crippen molar-refractivity contribution in [2.75, 3.05) is 6.54 Å². The third kappa shape index (κ3) is 3.72. The van der Waals surface area contributed by atoms with Gasteiger partial charge >= 0.3 is 0 Å². The highest BCUT2D eigenvalue weighted by Gasteiger charge is 2.21. The van der Waals surface area contributed by atoms with Gasteiger partial charge in [-0.15, -0.1) is 12.3 Å². The summed E-state index contributed by atoms with van der Waals surface area (Å²) < 4.78 is 0. The van der Waals surface area contributed by atoms with Gasteiger partial charge in [0.05, 0.1) is 0 Å². The monoisotopic (exact) mass is 193 g/mol. The molecule has 1 aliphatic carbocycles. The standard InChI is InChI=1S/C13H23N/c1-3-8-13(14-11-4-2)12-9-6-5-7-10-12/h1,12-14H,4-11H2,2H3. The molecule has 80 valence electrons. The van der Waals surface area contributed by atoms with E-state index in [0.717, 1.165) is 18.9 Å². The van der Waals surface area contributed by atoms with Crippen molar-refractivity contribution in [3.63, 3.8) is 0 Å². The molecule has 1 nitrogen and oxygen atoms in total. The zero-order valence-electron chi connectivity index (χ0n) is 9.39. The lowest BCUT2D eigenvalue weighted by atomic mass is 9.83. The Morgan fingerprint density at radius 3 is 2.64 bits per heavy atom. The minimum atomic E-state index is 0.584. The van der Waals surface area contributed by atoms with Gasteiger partial charge in [-0.05, 0) is 31.7 Å². The van der Waals surface area contributed by atoms with Crippen LogP contribution >= 0.6 is 0 Å². The van der Waals surface area contributed by atoms with Crippen LogP contribution in [0.2, 0.25) is 0 Å². The molecular formula is C13H23N. The lowest BCUT2D eigenvalue weighted by molar-refractivity contribution is 0.271. The Kier molecular flexibility index (Phi) is 5.71. The van der Waals surface area contributed by atoms with Crippen LogP contribution in [0.15, 0.2) is 0 Å². The first kappa shape index (κ1) is 11.6. The number of hydrogen-bond acceptors (Lipinski definition) is 1. The van der Waals surface area contributed by atoms with Crippen molar-refractivity contribution >= 4 is 0 Å². The van der Waals surface area contributed by atoms with Crippen molar-refractivity contribution in [3.05, 3.63) is 0 Å². The SMILES string of the molecule is C#CCC(NCCC)C1CCCCC1. The minimum Gasteiger partial charge on any atom is -0.313 e. The van der Waals surface area contributed by atoms with Crippen molar-refractivity contribution in [1.29, 1.82) is 0 Å². The van der Waals surface area contributed by atoms with E-state index in [4.69, 9.17) is 6.42 Å². The van der Waals surface area contributed by atoms with Gasteiger partial charge in [0.25, 0.3) is 0 Å². The summed E-state index contributed by atoms with van der Waals surface area (Å²) in [6.07, 6.45) is 14.5. The molecule has 0 saturated heterocycles. The smallest absolute Gasteiger partial charge is 0.0243 e. The van der Waals surface area contributed by atoms with Gasteiger partial charge in [-0.3, -0.25) is 0 Å². The van der Waals surface area contributed by atoms with Crippen molar-refractivity contribution < 1.29 is 0 Å². The molecule has 1 atom stereocenters. The summed E-state index contributed by atoms with van der Waals surface area (Å²) in [5.74, 6) is 3.65. The van der Waals surface area contributed by atoms with E-state index in [1.165, 1.54) is 38.5 Å². The molecular weight excluding hydrogens is 170 g/mol. The van der Waals surface area contributed by atoms with Gasteiger partial charge in [0.2, 0.25) is 0 Å². The predicted molar refractivity (Wildman–Crippen MR) is 62.1 cm³/mol. The largest absolute Gasteiger partial charge is 0.313 e. The molecule has 0 aromatic rings. The van der Waals surface area contributed by atoms with Gasteiger partial charge in [-0.1, -0.05) is 26.2 Å². The summed E-state index contributed by atoms with van der Waals surface area (Å²) in [6.45, 7) is 3.32. The second kappa shape index (κ2) is 6.90. The Hall–Kier alpha value is -0.480. The molecule has 0 bridgehead atoms. The Bertz CT molecular complexity index is 174. The van der Waals surface area contributed by atoms with Crippen molar-refractivity contribution in [1.82, 2.24) is 5.32 Å². The van der Waals surface area contributed by atoms with E-state index in [9.17, 15) is 0 Å². The van der Waals surface area contributed by atoms with E-state index in [0.29, 0.717) is 6.04 Å². The zero-order valence-corrected chi connectivity index (χ0v) is 9.39. The van der Waals surface area contributed by atoms with Crippen molar-refractivity contribution in [3.8, 4) is 12.3 Å². The summed E-state index contributed by atoms with van der Waals surface area (Å²) in [5.41, 5.74) is 0. The van der Waals surface area contributed by atoms with Crippen LogP contribution < -0.4 is 5.32 Å². The summed E-state index contributed by atoms with van der Waals surface area (Å²) in [4.78, 5) is 0. The second-order valence-electron chi connectivity index (χ2n) is 4.37. The van der Waals surface area contributed by atoms with E-state index in [-0.39, 0.29) is 0 Å². The molecule has 0 aromatic carbocycles. The molecule has 14 heavy (non-hydrogen) atoms. The van der Waals surface area contributed by atoms with Crippen LogP contribution in [0.4, 0.5) is 0 Å². The fraction of sp³-hybridized carbons (Fsp3) is 0.846. The number of nitrogens with one attached hydrogen (secondary N) is 1. The van der Waals surface area contributed by atoms with Crippen LogP contribution in [0, 0.1) is 18.3 Å². The first-order valence-corrected chi connectivity index (χ1v) is 6.05. The van der Waals surface area contributed by atoms with E-state index in [1.54, 1.807) is 0 Å². The van der Waals surface area contributed by atoms with E-state index in [2.05, 4.69) is 18.2 Å². The third-order valence-electron chi connectivity index (χ3n) is 3.21. The Labute approximate surface area is 88.7 Å². The maximum atomic E-state index is 5.42. The van der Waals surface area contributed by atoms with Crippen LogP contribution in [0.5, 0.6) is 0 Å². The highest BCUT2D eigenvalue weighted by atomic mass is 14.9. The first-order chi connectivity index (χ1) is 6.88. The zero-order chi connectivity index (χ0) is 10.2. The molecule has 1 N–H and O–H groups in total. The normalized spacial score (nSPS) is 20.3. The summed E-state index contributed by atoms with van der Waals surface area (Å²) in [5, 5.41) is 3.60. The number of hydrogen-bond donors (Lipinski definition) is 1. The molecule has 1 heteroatoms. The molecule has 0 radical (unpaired) electrons. The fourth-order valence-electron chi connectivity index (χ4n) is 2.40. The molecule has 0 amide bonds. The molecule has 0 heterocycles. The molecule has 1 aliphatic rings. The van der Waals surface area contributed by atoms with Crippen LogP contribution in [0.25, 0.3) is 0 Å². The van der Waals surface area contributed by atoms with E-state index in [1.807, 2.05) is 0 Å². The minimum absolute atomic E-state index is 0.584. The van der Waals surface area contributed by atoms with Gasteiger partial charge in [-0.25, -0.2) is 0 Å².